The molecule has 0 fully saturated rings. The van der Waals surface area contributed by atoms with Crippen molar-refractivity contribution in [3.63, 3.8) is 0 Å². The fraction of sp³-hybridized carbons (Fsp3) is 0.100. The lowest BCUT2D eigenvalue weighted by atomic mass is 10.2. The fourth-order valence-corrected chi connectivity index (χ4v) is 1.67. The third-order valence-corrected chi connectivity index (χ3v) is 2.65. The van der Waals surface area contributed by atoms with Crippen LogP contribution in [0.25, 0.3) is 10.9 Å². The molecule has 0 radical (unpaired) electrons. The van der Waals surface area contributed by atoms with E-state index in [-0.39, 0.29) is 0 Å². The number of hydrogen-bond acceptors (Lipinski definition) is 3. The molecule has 0 aliphatic rings. The van der Waals surface area contributed by atoms with Crippen LogP contribution in [0.1, 0.15) is 0 Å². The number of thioether (sulfide) groups is 1. The Bertz CT molecular complexity index is 440. The number of hydrogen-bond donors (Lipinski definition) is 1. The predicted molar refractivity (Wildman–Crippen MR) is 57.9 cm³/mol. The van der Waals surface area contributed by atoms with E-state index in [0.717, 1.165) is 10.9 Å². The highest BCUT2D eigenvalue weighted by molar-refractivity contribution is 7.98. The summed E-state index contributed by atoms with van der Waals surface area (Å²) in [4.78, 5) is 5.46. The average Bonchev–Trinajstić information content (AvgIpc) is 2.16. The molecule has 66 valence electrons. The van der Waals surface area contributed by atoms with Gasteiger partial charge < -0.3 is 5.73 Å². The second kappa shape index (κ2) is 3.26. The highest BCUT2D eigenvalue weighted by atomic mass is 32.2. The Kier molecular flexibility index (Phi) is 2.10. The molecule has 0 saturated heterocycles. The number of anilines is 1. The highest BCUT2D eigenvalue weighted by Gasteiger charge is 1.96. The van der Waals surface area contributed by atoms with E-state index in [1.165, 1.54) is 4.90 Å². The van der Waals surface area contributed by atoms with Crippen LogP contribution in [0.15, 0.2) is 35.2 Å². The topological polar surface area (TPSA) is 38.9 Å². The Morgan fingerprint density at radius 2 is 2.00 bits per heavy atom. The number of nitrogens with two attached hydrogens (primary N) is 1. The molecular weight excluding hydrogens is 180 g/mol. The number of benzene rings is 1. The lowest BCUT2D eigenvalue weighted by molar-refractivity contribution is 1.38. The lowest BCUT2D eigenvalue weighted by Gasteiger charge is -2.00. The summed E-state index contributed by atoms with van der Waals surface area (Å²) in [7, 11) is 0. The van der Waals surface area contributed by atoms with E-state index in [9.17, 15) is 0 Å². The second-order valence-electron chi connectivity index (χ2n) is 2.79. The summed E-state index contributed by atoms with van der Waals surface area (Å²) in [5.41, 5.74) is 6.56. The second-order valence-corrected chi connectivity index (χ2v) is 3.67. The maximum absolute atomic E-state index is 5.60. The summed E-state index contributed by atoms with van der Waals surface area (Å²) in [6.45, 7) is 0. The van der Waals surface area contributed by atoms with Gasteiger partial charge in [0.25, 0.3) is 0 Å². The molecule has 0 aliphatic carbocycles. The lowest BCUT2D eigenvalue weighted by Crippen LogP contribution is -1.89. The minimum Gasteiger partial charge on any atom is -0.384 e. The first-order valence-electron chi connectivity index (χ1n) is 4.00. The Labute approximate surface area is 81.2 Å². The summed E-state index contributed by atoms with van der Waals surface area (Å²) in [6.07, 6.45) is 2.05. The van der Waals surface area contributed by atoms with Crippen LogP contribution in [-0.2, 0) is 0 Å². The van der Waals surface area contributed by atoms with Crippen molar-refractivity contribution in [1.29, 1.82) is 0 Å². The number of nitrogens with zero attached hydrogens (tertiary/aromatic N) is 1. The molecule has 0 saturated carbocycles. The van der Waals surface area contributed by atoms with Crippen LogP contribution in [0, 0.1) is 0 Å². The van der Waals surface area contributed by atoms with Crippen molar-refractivity contribution < 1.29 is 0 Å². The van der Waals surface area contributed by atoms with Gasteiger partial charge in [0.05, 0.1) is 5.52 Å². The van der Waals surface area contributed by atoms with Gasteiger partial charge in [0.1, 0.15) is 5.82 Å². The van der Waals surface area contributed by atoms with Gasteiger partial charge in [-0.05, 0) is 30.5 Å². The Hall–Kier alpha value is -1.22. The van der Waals surface area contributed by atoms with Gasteiger partial charge in [0.15, 0.2) is 0 Å². The molecule has 0 amide bonds. The number of nitrogen functional groups attached to an aromatic ring is 1. The number of fused-ring (bicyclic) bond motifs is 1. The number of rotatable bonds is 1. The van der Waals surface area contributed by atoms with E-state index >= 15 is 0 Å². The first-order chi connectivity index (χ1) is 6.29. The molecule has 0 bridgehead atoms. The Balaban J connectivity index is 2.68. The van der Waals surface area contributed by atoms with Crippen molar-refractivity contribution in [1.82, 2.24) is 4.98 Å². The van der Waals surface area contributed by atoms with Gasteiger partial charge in [-0.15, -0.1) is 11.8 Å². The van der Waals surface area contributed by atoms with Gasteiger partial charge in [0.2, 0.25) is 0 Å². The molecule has 13 heavy (non-hydrogen) atoms. The summed E-state index contributed by atoms with van der Waals surface area (Å²) >= 11 is 1.71. The molecule has 0 atom stereocenters. The molecule has 2 N–H and O–H groups in total. The van der Waals surface area contributed by atoms with Gasteiger partial charge in [0, 0.05) is 10.3 Å². The van der Waals surface area contributed by atoms with Crippen molar-refractivity contribution in [2.24, 2.45) is 0 Å². The first-order valence-corrected chi connectivity index (χ1v) is 5.22. The normalized spacial score (nSPS) is 10.5. The standard InChI is InChI=1S/C10H10N2S/c1-13-8-4-2-7-3-5-10(11)12-9(7)6-8/h2-6H,1H3,(H2,11,12). The molecular formula is C10H10N2S. The van der Waals surface area contributed by atoms with Gasteiger partial charge in [-0.2, -0.15) is 0 Å². The largest absolute Gasteiger partial charge is 0.384 e. The van der Waals surface area contributed by atoms with E-state index in [1.54, 1.807) is 11.8 Å². The molecule has 0 unspecified atom stereocenters. The minimum absolute atomic E-state index is 0.575. The van der Waals surface area contributed by atoms with Crippen molar-refractivity contribution in [2.45, 2.75) is 4.90 Å². The van der Waals surface area contributed by atoms with E-state index in [2.05, 4.69) is 23.2 Å². The highest BCUT2D eigenvalue weighted by Crippen LogP contribution is 2.21. The van der Waals surface area contributed by atoms with Gasteiger partial charge >= 0.3 is 0 Å². The van der Waals surface area contributed by atoms with Gasteiger partial charge in [-0.3, -0.25) is 0 Å². The van der Waals surface area contributed by atoms with Crippen LogP contribution in [0.5, 0.6) is 0 Å². The Morgan fingerprint density at radius 1 is 1.23 bits per heavy atom. The molecule has 0 aliphatic heterocycles. The maximum Gasteiger partial charge on any atom is 0.124 e. The Morgan fingerprint density at radius 3 is 2.77 bits per heavy atom. The molecule has 1 aromatic carbocycles. The van der Waals surface area contributed by atoms with Crippen molar-refractivity contribution >= 4 is 28.5 Å². The van der Waals surface area contributed by atoms with Gasteiger partial charge in [-0.1, -0.05) is 6.07 Å². The van der Waals surface area contributed by atoms with Crippen molar-refractivity contribution in [3.05, 3.63) is 30.3 Å². The average molecular weight is 190 g/mol. The predicted octanol–water partition coefficient (Wildman–Crippen LogP) is 2.54. The van der Waals surface area contributed by atoms with E-state index < -0.39 is 0 Å². The van der Waals surface area contributed by atoms with E-state index in [4.69, 9.17) is 5.73 Å². The van der Waals surface area contributed by atoms with Crippen molar-refractivity contribution in [3.8, 4) is 0 Å². The van der Waals surface area contributed by atoms with Crippen LogP contribution < -0.4 is 5.73 Å². The summed E-state index contributed by atoms with van der Waals surface area (Å²) in [6, 6.07) is 10.0. The maximum atomic E-state index is 5.60. The molecule has 0 spiro atoms. The summed E-state index contributed by atoms with van der Waals surface area (Å²) < 4.78 is 0. The van der Waals surface area contributed by atoms with Crippen LogP contribution in [-0.4, -0.2) is 11.2 Å². The van der Waals surface area contributed by atoms with Gasteiger partial charge in [-0.25, -0.2) is 4.98 Å². The monoisotopic (exact) mass is 190 g/mol. The molecule has 1 aromatic heterocycles. The van der Waals surface area contributed by atoms with Crippen LogP contribution >= 0.6 is 11.8 Å². The molecule has 1 heterocycles. The van der Waals surface area contributed by atoms with Crippen LogP contribution in [0.4, 0.5) is 5.82 Å². The van der Waals surface area contributed by atoms with Crippen LogP contribution in [0.3, 0.4) is 0 Å². The molecule has 2 rings (SSSR count). The molecule has 2 nitrogen and oxygen atoms in total. The smallest absolute Gasteiger partial charge is 0.124 e. The van der Waals surface area contributed by atoms with Crippen LogP contribution in [0.2, 0.25) is 0 Å². The third kappa shape index (κ3) is 1.60. The zero-order valence-corrected chi connectivity index (χ0v) is 8.14. The minimum atomic E-state index is 0.575. The molecule has 3 heteroatoms. The summed E-state index contributed by atoms with van der Waals surface area (Å²) in [5.74, 6) is 0.575. The van der Waals surface area contributed by atoms with E-state index in [1.807, 2.05) is 18.4 Å². The first kappa shape index (κ1) is 8.38. The zero-order valence-electron chi connectivity index (χ0n) is 7.32. The zero-order chi connectivity index (χ0) is 9.26. The van der Waals surface area contributed by atoms with E-state index in [0.29, 0.717) is 5.82 Å². The molecule has 2 aromatic rings. The third-order valence-electron chi connectivity index (χ3n) is 1.92. The number of pyridine rings is 1. The summed E-state index contributed by atoms with van der Waals surface area (Å²) in [5, 5.41) is 1.13. The number of aromatic nitrogens is 1. The fourth-order valence-electron chi connectivity index (χ4n) is 1.24. The van der Waals surface area contributed by atoms with Crippen molar-refractivity contribution in [2.75, 3.05) is 12.0 Å². The quantitative estimate of drug-likeness (QED) is 0.702. The SMILES string of the molecule is CSc1ccc2ccc(N)nc2c1.